The molecule has 0 radical (unpaired) electrons. The Kier molecular flexibility index (Phi) is 5.76. The van der Waals surface area contributed by atoms with E-state index in [1.54, 1.807) is 14.0 Å². The third kappa shape index (κ3) is 4.65. The number of aromatic nitrogens is 1. The average Bonchev–Trinajstić information content (AvgIpc) is 3.02. The molecule has 0 saturated carbocycles. The van der Waals surface area contributed by atoms with Crippen molar-refractivity contribution in [2.24, 2.45) is 0 Å². The van der Waals surface area contributed by atoms with Gasteiger partial charge >= 0.3 is 0 Å². The molecule has 5 nitrogen and oxygen atoms in total. The van der Waals surface area contributed by atoms with Crippen LogP contribution in [-0.2, 0) is 4.79 Å². The molecule has 2 aromatic carbocycles. The number of rotatable bonds is 6. The van der Waals surface area contributed by atoms with Crippen LogP contribution in [0.15, 0.2) is 48.5 Å². The van der Waals surface area contributed by atoms with Gasteiger partial charge in [0.25, 0.3) is 5.91 Å². The van der Waals surface area contributed by atoms with Crippen molar-refractivity contribution in [3.63, 3.8) is 0 Å². The van der Waals surface area contributed by atoms with Crippen LogP contribution >= 0.6 is 11.3 Å². The number of aryl methyl sites for hydroxylation is 2. The Balaban J connectivity index is 1.69. The summed E-state index contributed by atoms with van der Waals surface area (Å²) >= 11 is 1.44. The number of nitrogens with zero attached hydrogens (tertiary/aromatic N) is 1. The summed E-state index contributed by atoms with van der Waals surface area (Å²) in [5.74, 6) is 1.24. The largest absolute Gasteiger partial charge is 0.497 e. The standard InChI is InChI=1S/C21H22N2O3S/c1-13-6-5-7-18(12-13)26-14(2)20(24)23-21-22-19(15(3)27-21)16-8-10-17(25-4)11-9-16/h5-12,14H,1-4H3,(H,22,23,24)/t14-/m0/s1. The van der Waals surface area contributed by atoms with E-state index < -0.39 is 6.10 Å². The molecule has 0 unspecified atom stereocenters. The highest BCUT2D eigenvalue weighted by molar-refractivity contribution is 7.16. The fourth-order valence-electron chi connectivity index (χ4n) is 2.62. The van der Waals surface area contributed by atoms with Gasteiger partial charge < -0.3 is 9.47 Å². The third-order valence-corrected chi connectivity index (χ3v) is 4.95. The van der Waals surface area contributed by atoms with Gasteiger partial charge in [-0.25, -0.2) is 4.98 Å². The minimum absolute atomic E-state index is 0.230. The summed E-state index contributed by atoms with van der Waals surface area (Å²) in [6.45, 7) is 5.69. The number of amides is 1. The molecule has 1 heterocycles. The minimum Gasteiger partial charge on any atom is -0.497 e. The normalized spacial score (nSPS) is 11.7. The second kappa shape index (κ2) is 8.22. The smallest absolute Gasteiger partial charge is 0.266 e. The molecule has 0 aliphatic rings. The van der Waals surface area contributed by atoms with Gasteiger partial charge in [0.1, 0.15) is 11.5 Å². The summed E-state index contributed by atoms with van der Waals surface area (Å²) in [6.07, 6.45) is -0.625. The lowest BCUT2D eigenvalue weighted by Crippen LogP contribution is -2.30. The first-order valence-corrected chi connectivity index (χ1v) is 9.44. The lowest BCUT2D eigenvalue weighted by molar-refractivity contribution is -0.122. The maximum atomic E-state index is 12.5. The first-order chi connectivity index (χ1) is 13.0. The van der Waals surface area contributed by atoms with Crippen LogP contribution in [0.5, 0.6) is 11.5 Å². The van der Waals surface area contributed by atoms with Crippen molar-refractivity contribution >= 4 is 22.4 Å². The molecule has 3 aromatic rings. The molecule has 3 rings (SSSR count). The van der Waals surface area contributed by atoms with Gasteiger partial charge in [-0.05, 0) is 62.7 Å². The Labute approximate surface area is 163 Å². The zero-order chi connectivity index (χ0) is 19.4. The Morgan fingerprint density at radius 3 is 2.52 bits per heavy atom. The Hall–Kier alpha value is -2.86. The zero-order valence-electron chi connectivity index (χ0n) is 15.8. The van der Waals surface area contributed by atoms with E-state index in [9.17, 15) is 4.79 Å². The molecule has 1 atom stereocenters. The number of benzene rings is 2. The molecule has 1 amide bonds. The highest BCUT2D eigenvalue weighted by Gasteiger charge is 2.18. The third-order valence-electron chi connectivity index (χ3n) is 4.06. The van der Waals surface area contributed by atoms with Gasteiger partial charge in [-0.2, -0.15) is 0 Å². The predicted octanol–water partition coefficient (Wildman–Crippen LogP) is 4.84. The predicted molar refractivity (Wildman–Crippen MR) is 109 cm³/mol. The summed E-state index contributed by atoms with van der Waals surface area (Å²) < 4.78 is 10.9. The number of carbonyl (C=O) groups excluding carboxylic acids is 1. The molecule has 0 aliphatic heterocycles. The number of ether oxygens (including phenoxy) is 2. The van der Waals surface area contributed by atoms with E-state index in [0.717, 1.165) is 27.4 Å². The maximum absolute atomic E-state index is 12.5. The molecular formula is C21H22N2O3S. The molecule has 0 saturated heterocycles. The first-order valence-electron chi connectivity index (χ1n) is 8.62. The van der Waals surface area contributed by atoms with Crippen LogP contribution in [0.2, 0.25) is 0 Å². The first kappa shape index (κ1) is 18.9. The summed E-state index contributed by atoms with van der Waals surface area (Å²) in [7, 11) is 1.64. The summed E-state index contributed by atoms with van der Waals surface area (Å²) in [5.41, 5.74) is 2.92. The fourth-order valence-corrected chi connectivity index (χ4v) is 3.46. The lowest BCUT2D eigenvalue weighted by atomic mass is 10.1. The van der Waals surface area contributed by atoms with Gasteiger partial charge in [-0.15, -0.1) is 11.3 Å². The van der Waals surface area contributed by atoms with Gasteiger partial charge in [-0.3, -0.25) is 10.1 Å². The Bertz CT molecular complexity index is 935. The number of hydrogen-bond donors (Lipinski definition) is 1. The molecular weight excluding hydrogens is 360 g/mol. The van der Waals surface area contributed by atoms with Gasteiger partial charge in [0.2, 0.25) is 0 Å². The molecule has 6 heteroatoms. The Morgan fingerprint density at radius 2 is 1.85 bits per heavy atom. The Morgan fingerprint density at radius 1 is 1.11 bits per heavy atom. The topological polar surface area (TPSA) is 60.5 Å². The highest BCUT2D eigenvalue weighted by Crippen LogP contribution is 2.31. The lowest BCUT2D eigenvalue weighted by Gasteiger charge is -2.14. The van der Waals surface area contributed by atoms with Crippen LogP contribution in [0.4, 0.5) is 5.13 Å². The number of hydrogen-bond acceptors (Lipinski definition) is 5. The van der Waals surface area contributed by atoms with E-state index in [-0.39, 0.29) is 5.91 Å². The van der Waals surface area contributed by atoms with Crippen molar-refractivity contribution in [3.05, 3.63) is 59.0 Å². The summed E-state index contributed by atoms with van der Waals surface area (Å²) in [4.78, 5) is 18.1. The summed E-state index contributed by atoms with van der Waals surface area (Å²) in [5, 5.41) is 3.41. The van der Waals surface area contributed by atoms with Gasteiger partial charge in [0.05, 0.1) is 12.8 Å². The minimum atomic E-state index is -0.625. The SMILES string of the molecule is COc1ccc(-c2nc(NC(=O)[C@H](C)Oc3cccc(C)c3)sc2C)cc1. The van der Waals surface area contributed by atoms with Gasteiger partial charge in [-0.1, -0.05) is 12.1 Å². The zero-order valence-corrected chi connectivity index (χ0v) is 16.6. The molecule has 1 N–H and O–H groups in total. The molecule has 0 fully saturated rings. The van der Waals surface area contributed by atoms with Crippen LogP contribution in [0.3, 0.4) is 0 Å². The number of carbonyl (C=O) groups is 1. The van der Waals surface area contributed by atoms with E-state index >= 15 is 0 Å². The molecule has 1 aromatic heterocycles. The molecule has 27 heavy (non-hydrogen) atoms. The summed E-state index contributed by atoms with van der Waals surface area (Å²) in [6, 6.07) is 15.3. The van der Waals surface area contributed by atoms with Crippen molar-refractivity contribution in [2.45, 2.75) is 26.9 Å². The van der Waals surface area contributed by atoms with Crippen molar-refractivity contribution < 1.29 is 14.3 Å². The van der Waals surface area contributed by atoms with E-state index in [1.807, 2.05) is 62.4 Å². The maximum Gasteiger partial charge on any atom is 0.266 e. The number of nitrogens with one attached hydrogen (secondary N) is 1. The average molecular weight is 382 g/mol. The van der Waals surface area contributed by atoms with Crippen molar-refractivity contribution in [1.29, 1.82) is 0 Å². The van der Waals surface area contributed by atoms with Crippen LogP contribution in [0.1, 0.15) is 17.4 Å². The monoisotopic (exact) mass is 382 g/mol. The molecule has 0 spiro atoms. The highest BCUT2D eigenvalue weighted by atomic mass is 32.1. The van der Waals surface area contributed by atoms with Crippen LogP contribution < -0.4 is 14.8 Å². The van der Waals surface area contributed by atoms with Crippen molar-refractivity contribution in [3.8, 4) is 22.8 Å². The molecule has 140 valence electrons. The second-order valence-electron chi connectivity index (χ2n) is 6.22. The molecule has 0 bridgehead atoms. The van der Waals surface area contributed by atoms with E-state index in [1.165, 1.54) is 11.3 Å². The van der Waals surface area contributed by atoms with Gasteiger partial charge in [0.15, 0.2) is 11.2 Å². The fraction of sp³-hybridized carbons (Fsp3) is 0.238. The van der Waals surface area contributed by atoms with Crippen LogP contribution in [-0.4, -0.2) is 24.1 Å². The van der Waals surface area contributed by atoms with E-state index in [2.05, 4.69) is 10.3 Å². The second-order valence-corrected chi connectivity index (χ2v) is 7.42. The van der Waals surface area contributed by atoms with E-state index in [0.29, 0.717) is 10.9 Å². The van der Waals surface area contributed by atoms with Crippen LogP contribution in [0, 0.1) is 13.8 Å². The van der Waals surface area contributed by atoms with Crippen molar-refractivity contribution in [2.75, 3.05) is 12.4 Å². The molecule has 0 aliphatic carbocycles. The van der Waals surface area contributed by atoms with E-state index in [4.69, 9.17) is 9.47 Å². The van der Waals surface area contributed by atoms with Crippen LogP contribution in [0.25, 0.3) is 11.3 Å². The number of thiazole rings is 1. The number of methoxy groups -OCH3 is 1. The quantitative estimate of drug-likeness (QED) is 0.663. The van der Waals surface area contributed by atoms with Crippen molar-refractivity contribution in [1.82, 2.24) is 4.98 Å². The van der Waals surface area contributed by atoms with Gasteiger partial charge in [0, 0.05) is 10.4 Å². The number of anilines is 1.